The fraction of sp³-hybridized carbons (Fsp3) is 0.0635. The van der Waals surface area contributed by atoms with Crippen LogP contribution >= 0.6 is 0 Å². The number of pyridine rings is 2. The van der Waals surface area contributed by atoms with Crippen LogP contribution in [0.25, 0.3) is 193 Å². The van der Waals surface area contributed by atoms with Gasteiger partial charge in [0.2, 0.25) is 0 Å². The number of hydrogen-bond acceptors (Lipinski definition) is 8. The standard InChI is InChI=1S/C37H23N2.2C29H19N2.C21H17F3N.2C5H8O2.3Pt/c1-3-15-31-29(13-1)36(26-22-20-25(21-23-26)33-17-9-10-24-38-33)30-14-2-4-16-32(30)37(31)39-34-18-7-5-11-27(34)28-12-6-8-19-35(28)39;2*1-2-11-22(12-3-1)31-20-19-30-29(31)28-18-17-27(25-14-6-7-15-26(25)28)24-16-8-10-21-9-4-5-13-23(21)24;1-13-10-14(2)20(15(3)11-13)16-7-8-17(18(12-16)21(22,23)24)19-6-4-5-9-25-19;2*1-4(6)3-5(2)7;;;/h1-20,22-24H;2*1-17,19-20H;4-7,9-12H,1-3H3;2*3,6H,1-2H3;;;/q4*-1;;;;;+2. The van der Waals surface area contributed by atoms with Crippen molar-refractivity contribution in [2.24, 2.45) is 0 Å². The van der Waals surface area contributed by atoms with Gasteiger partial charge >= 0.3 is 27.2 Å². The number of aromatic nitrogens is 7. The molecule has 0 amide bonds. The molecular weight excluding hydrogens is 2320 g/mol. The van der Waals surface area contributed by atoms with Crippen LogP contribution < -0.4 is 0 Å². The fourth-order valence-electron chi connectivity index (χ4n) is 18.7. The molecular formula is C126H94F3N7O4Pt3-2. The number of benzene rings is 18. The van der Waals surface area contributed by atoms with Crippen LogP contribution in [0.3, 0.4) is 0 Å². The van der Waals surface area contributed by atoms with Crippen LogP contribution in [0.2, 0.25) is 0 Å². The van der Waals surface area contributed by atoms with E-state index in [0.717, 1.165) is 84.0 Å². The molecule has 710 valence electrons. The number of hydrogen-bond donors (Lipinski definition) is 2. The Labute approximate surface area is 871 Å². The number of imidazole rings is 2. The predicted octanol–water partition coefficient (Wildman–Crippen LogP) is 32.5. The van der Waals surface area contributed by atoms with Gasteiger partial charge in [0.05, 0.1) is 39.9 Å². The first-order chi connectivity index (χ1) is 68.2. The van der Waals surface area contributed by atoms with Crippen LogP contribution in [0.5, 0.6) is 0 Å². The third-order valence-electron chi connectivity index (χ3n) is 24.4. The fourth-order valence-corrected chi connectivity index (χ4v) is 18.7. The number of aliphatic hydroxyl groups is 2. The summed E-state index contributed by atoms with van der Waals surface area (Å²) >= 11 is 0. The molecule has 5 heterocycles. The molecule has 0 aliphatic heterocycles. The molecule has 0 unspecified atom stereocenters. The van der Waals surface area contributed by atoms with Crippen molar-refractivity contribution in [3.63, 3.8) is 0 Å². The number of nitrogens with zero attached hydrogens (tertiary/aromatic N) is 7. The van der Waals surface area contributed by atoms with Crippen LogP contribution in [-0.2, 0) is 79.0 Å². The van der Waals surface area contributed by atoms with Gasteiger partial charge in [0.15, 0.2) is 11.6 Å². The zero-order valence-electron chi connectivity index (χ0n) is 78.9. The molecule has 0 spiro atoms. The van der Waals surface area contributed by atoms with E-state index in [1.807, 2.05) is 118 Å². The van der Waals surface area contributed by atoms with Crippen LogP contribution in [0.4, 0.5) is 13.2 Å². The molecule has 0 fully saturated rings. The van der Waals surface area contributed by atoms with E-state index in [1.165, 1.54) is 161 Å². The summed E-state index contributed by atoms with van der Waals surface area (Å²) in [5, 5.41) is 33.9. The van der Waals surface area contributed by atoms with Crippen LogP contribution in [0, 0.1) is 45.0 Å². The van der Waals surface area contributed by atoms with Gasteiger partial charge in [-0.25, -0.2) is 0 Å². The SMILES string of the molecule is CC(=O)C=C(C)O.CC(=O)C=C(C)O.Cc1cc(C)c(-c2c[c-]c(-c3ccccn3)c(C(F)(F)F)c2)c(C)c1.[Pt+2].[Pt].[Pt].[c-]1cc(-c2c3ccccc3c(-n3c4ccccc4c4ccccc43)c3ccccc23)ccc1-c1ccccn1.[c-]1cc(-c2cccc3ccccc23)c2ccccc2c1-c1nccn1-c1ccccc1.[c-]1cc(-c2cccc3ccccc23)c2ccccc2c1-c1nccn1-c1ccccc1. The minimum atomic E-state index is -4.48. The number of alkyl halides is 3. The molecule has 23 aromatic rings. The minimum Gasteiger partial charge on any atom is -0.512 e. The van der Waals surface area contributed by atoms with Crippen molar-refractivity contribution in [3.8, 4) is 107 Å². The summed E-state index contributed by atoms with van der Waals surface area (Å²) in [5.74, 6) is 1.67. The van der Waals surface area contributed by atoms with Crippen LogP contribution in [-0.4, -0.2) is 55.4 Å². The maximum atomic E-state index is 13.6. The van der Waals surface area contributed by atoms with Crippen molar-refractivity contribution >= 4 is 98.0 Å². The first-order valence-electron chi connectivity index (χ1n) is 46.0. The number of rotatable bonds is 13. The van der Waals surface area contributed by atoms with Gasteiger partial charge in [0.25, 0.3) is 0 Å². The minimum absolute atomic E-state index is 0. The van der Waals surface area contributed by atoms with E-state index in [1.54, 1.807) is 24.3 Å². The zero-order valence-corrected chi connectivity index (χ0v) is 85.7. The molecule has 143 heavy (non-hydrogen) atoms. The van der Waals surface area contributed by atoms with Gasteiger partial charge in [0, 0.05) is 124 Å². The first-order valence-corrected chi connectivity index (χ1v) is 46.0. The third-order valence-corrected chi connectivity index (χ3v) is 24.4. The van der Waals surface area contributed by atoms with Gasteiger partial charge in [-0.2, -0.15) is 13.2 Å². The number of carbonyl (C=O) groups excluding carboxylic acids is 2. The van der Waals surface area contributed by atoms with E-state index in [2.05, 4.69) is 333 Å². The molecule has 18 aromatic carbocycles. The van der Waals surface area contributed by atoms with Gasteiger partial charge in [-0.15, -0.1) is 89.0 Å². The molecule has 0 saturated carbocycles. The summed E-state index contributed by atoms with van der Waals surface area (Å²) < 4.78 is 47.6. The second kappa shape index (κ2) is 46.2. The second-order valence-corrected chi connectivity index (χ2v) is 34.1. The Morgan fingerprint density at radius 2 is 0.713 bits per heavy atom. The zero-order chi connectivity index (χ0) is 96.9. The number of aliphatic hydroxyl groups excluding tert-OH is 2. The maximum Gasteiger partial charge on any atom is 2.00 e. The summed E-state index contributed by atoms with van der Waals surface area (Å²) in [7, 11) is 0. The predicted molar refractivity (Wildman–Crippen MR) is 567 cm³/mol. The number of fused-ring (bicyclic) bond motifs is 9. The molecule has 0 bridgehead atoms. The van der Waals surface area contributed by atoms with Crippen molar-refractivity contribution in [2.45, 2.75) is 54.6 Å². The Kier molecular flexibility index (Phi) is 32.8. The normalized spacial score (nSPS) is 11.2. The summed E-state index contributed by atoms with van der Waals surface area (Å²) in [5.41, 5.74) is 20.8. The molecule has 23 rings (SSSR count). The van der Waals surface area contributed by atoms with Crippen molar-refractivity contribution in [1.29, 1.82) is 0 Å². The molecule has 0 saturated heterocycles. The molecule has 17 heteroatoms. The van der Waals surface area contributed by atoms with Gasteiger partial charge in [-0.1, -0.05) is 368 Å². The maximum absolute atomic E-state index is 13.6. The Morgan fingerprint density at radius 3 is 1.13 bits per heavy atom. The van der Waals surface area contributed by atoms with Crippen molar-refractivity contribution in [1.82, 2.24) is 33.6 Å². The molecule has 11 nitrogen and oxygen atoms in total. The van der Waals surface area contributed by atoms with E-state index in [-0.39, 0.29) is 97.5 Å². The van der Waals surface area contributed by atoms with E-state index in [0.29, 0.717) is 5.56 Å². The number of halogens is 3. The second-order valence-electron chi connectivity index (χ2n) is 34.1. The van der Waals surface area contributed by atoms with Crippen molar-refractivity contribution in [3.05, 3.63) is 490 Å². The molecule has 5 aromatic heterocycles. The van der Waals surface area contributed by atoms with Gasteiger partial charge < -0.3 is 33.9 Å². The molecule has 0 aliphatic carbocycles. The number of carbonyl (C=O) groups is 2. The Balaban J connectivity index is 0.000000138. The van der Waals surface area contributed by atoms with Crippen LogP contribution in [0.1, 0.15) is 49.9 Å². The van der Waals surface area contributed by atoms with E-state index < -0.39 is 11.7 Å². The molecule has 0 radical (unpaired) electrons. The largest absolute Gasteiger partial charge is 2.00 e. The van der Waals surface area contributed by atoms with Gasteiger partial charge in [-0.05, 0) is 152 Å². The molecule has 2 N–H and O–H groups in total. The van der Waals surface area contributed by atoms with Crippen molar-refractivity contribution in [2.75, 3.05) is 0 Å². The summed E-state index contributed by atoms with van der Waals surface area (Å²) in [6.07, 6.45) is 8.87. The molecule has 0 atom stereocenters. The monoisotopic (exact) mass is 2410 g/mol. The Hall–Kier alpha value is -15.7. The van der Waals surface area contributed by atoms with Gasteiger partial charge in [-0.3, -0.25) is 19.6 Å². The smallest absolute Gasteiger partial charge is 0.512 e. The van der Waals surface area contributed by atoms with Crippen LogP contribution in [0.15, 0.2) is 443 Å². The number of aryl methyl sites for hydroxylation is 3. The summed E-state index contributed by atoms with van der Waals surface area (Å²) in [6, 6.07) is 145. The number of allylic oxidation sites excluding steroid dienone is 4. The summed E-state index contributed by atoms with van der Waals surface area (Å²) in [6.45, 7) is 11.5. The van der Waals surface area contributed by atoms with Gasteiger partial charge in [0.1, 0.15) is 0 Å². The number of ketones is 2. The third kappa shape index (κ3) is 22.4. The summed E-state index contributed by atoms with van der Waals surface area (Å²) in [4.78, 5) is 38.0. The quantitative estimate of drug-likeness (QED) is 0.0503. The van der Waals surface area contributed by atoms with E-state index in [4.69, 9.17) is 20.2 Å². The van der Waals surface area contributed by atoms with E-state index >= 15 is 0 Å². The molecule has 0 aliphatic rings. The Morgan fingerprint density at radius 1 is 0.336 bits per heavy atom. The van der Waals surface area contributed by atoms with Crippen molar-refractivity contribution < 1.29 is 96.2 Å². The Bertz CT molecular complexity index is 8160. The van der Waals surface area contributed by atoms with E-state index in [9.17, 15) is 22.8 Å². The number of para-hydroxylation sites is 4. The average molecular weight is 2410 g/mol. The topological polar surface area (TPSA) is 141 Å². The average Bonchev–Trinajstić information content (AvgIpc) is 1.66. The first kappa shape index (κ1) is 102.